The maximum Gasteiger partial charge on any atom is 0.0720 e. The van der Waals surface area contributed by atoms with Gasteiger partial charge in [0.1, 0.15) is 0 Å². The van der Waals surface area contributed by atoms with Gasteiger partial charge in [-0.25, -0.2) is 0 Å². The van der Waals surface area contributed by atoms with E-state index in [0.29, 0.717) is 0 Å². The van der Waals surface area contributed by atoms with Crippen molar-refractivity contribution in [2.75, 3.05) is 0 Å². The largest absolute Gasteiger partial charge is 0.309 e. The SMILES string of the molecule is CCC1(CC)c2cc(/C=C/c3ccc(-c4ccc5c(c4)C4(c6ccccc6-c6ccccc64)c4ccccc4C54c5ccccc5-c5ccccc54)cn3)ccc2-c2ccc(-n3c4ccccc4c4ccccc43)cc21. The minimum atomic E-state index is -0.540. The molecule has 76 heavy (non-hydrogen) atoms. The maximum absolute atomic E-state index is 5.16. The van der Waals surface area contributed by atoms with Crippen LogP contribution >= 0.6 is 0 Å². The normalized spacial score (nSPS) is 15.1. The molecule has 358 valence electrons. The summed E-state index contributed by atoms with van der Waals surface area (Å²) in [6.45, 7) is 4.72. The van der Waals surface area contributed by atoms with E-state index in [1.54, 1.807) is 0 Å². The molecular formula is C74H52N2. The van der Waals surface area contributed by atoms with Crippen LogP contribution in [0, 0.1) is 0 Å². The van der Waals surface area contributed by atoms with Gasteiger partial charge in [-0.2, -0.15) is 0 Å². The number of rotatable bonds is 6. The van der Waals surface area contributed by atoms with E-state index in [1.807, 2.05) is 0 Å². The van der Waals surface area contributed by atoms with Gasteiger partial charge in [0.25, 0.3) is 0 Å². The Labute approximate surface area is 444 Å². The molecule has 0 fully saturated rings. The second kappa shape index (κ2) is 15.9. The molecule has 2 nitrogen and oxygen atoms in total. The van der Waals surface area contributed by atoms with Crippen LogP contribution in [0.3, 0.4) is 0 Å². The van der Waals surface area contributed by atoms with E-state index in [-0.39, 0.29) is 5.41 Å². The Balaban J connectivity index is 0.792. The molecule has 0 amide bonds. The summed E-state index contributed by atoms with van der Waals surface area (Å²) >= 11 is 0. The van der Waals surface area contributed by atoms with E-state index in [9.17, 15) is 0 Å². The fourth-order valence-corrected chi connectivity index (χ4v) is 15.2. The molecule has 16 rings (SSSR count). The van der Waals surface area contributed by atoms with Gasteiger partial charge in [-0.05, 0) is 155 Å². The zero-order valence-corrected chi connectivity index (χ0v) is 42.6. The number of benzene rings is 10. The first-order valence-corrected chi connectivity index (χ1v) is 27.1. The highest BCUT2D eigenvalue weighted by atomic mass is 15.0. The molecule has 2 aromatic heterocycles. The second-order valence-corrected chi connectivity index (χ2v) is 21.5. The summed E-state index contributed by atoms with van der Waals surface area (Å²) in [4.78, 5) is 5.16. The zero-order valence-electron chi connectivity index (χ0n) is 42.6. The predicted molar refractivity (Wildman–Crippen MR) is 314 cm³/mol. The number of para-hydroxylation sites is 2. The molecule has 2 heteroatoms. The minimum Gasteiger partial charge on any atom is -0.309 e. The highest BCUT2D eigenvalue weighted by Crippen LogP contribution is 2.67. The lowest BCUT2D eigenvalue weighted by Gasteiger charge is -2.49. The van der Waals surface area contributed by atoms with Gasteiger partial charge in [0.2, 0.25) is 0 Å². The van der Waals surface area contributed by atoms with Gasteiger partial charge in [-0.15, -0.1) is 0 Å². The highest BCUT2D eigenvalue weighted by molar-refractivity contribution is 6.09. The zero-order chi connectivity index (χ0) is 50.3. The van der Waals surface area contributed by atoms with Crippen molar-refractivity contribution in [3.63, 3.8) is 0 Å². The monoisotopic (exact) mass is 968 g/mol. The van der Waals surface area contributed by atoms with Crippen molar-refractivity contribution in [3.8, 4) is 50.2 Å². The van der Waals surface area contributed by atoms with Gasteiger partial charge in [-0.3, -0.25) is 4.98 Å². The molecule has 12 aromatic rings. The third-order valence-electron chi connectivity index (χ3n) is 18.4. The number of hydrogen-bond donors (Lipinski definition) is 0. The van der Waals surface area contributed by atoms with E-state index >= 15 is 0 Å². The Bertz CT molecular complexity index is 4300. The molecule has 4 aliphatic carbocycles. The molecule has 0 unspecified atom stereocenters. The summed E-state index contributed by atoms with van der Waals surface area (Å²) in [6, 6.07) is 89.5. The Hall–Kier alpha value is -9.11. The van der Waals surface area contributed by atoms with Crippen LogP contribution in [0.15, 0.2) is 243 Å². The molecule has 0 radical (unpaired) electrons. The van der Waals surface area contributed by atoms with E-state index in [1.165, 1.54) is 122 Å². The summed E-state index contributed by atoms with van der Waals surface area (Å²) in [6.07, 6.45) is 8.54. The lowest BCUT2D eigenvalue weighted by molar-refractivity contribution is 0.490. The Kier molecular flexibility index (Phi) is 9.09. The topological polar surface area (TPSA) is 17.8 Å². The van der Waals surface area contributed by atoms with Crippen LogP contribution in [0.2, 0.25) is 0 Å². The van der Waals surface area contributed by atoms with Gasteiger partial charge in [0.05, 0.1) is 27.6 Å². The molecule has 4 aliphatic rings. The molecule has 0 saturated carbocycles. The molecule has 0 saturated heterocycles. The number of fused-ring (bicyclic) bond motifs is 22. The quantitative estimate of drug-likeness (QED) is 0.162. The summed E-state index contributed by atoms with van der Waals surface area (Å²) in [5, 5.41) is 2.58. The first-order valence-electron chi connectivity index (χ1n) is 27.1. The van der Waals surface area contributed by atoms with E-state index in [4.69, 9.17) is 4.98 Å². The fourth-order valence-electron chi connectivity index (χ4n) is 15.2. The number of nitrogens with zero attached hydrogens (tertiary/aromatic N) is 2. The van der Waals surface area contributed by atoms with Gasteiger partial charge >= 0.3 is 0 Å². The van der Waals surface area contributed by atoms with Gasteiger partial charge in [0, 0.05) is 33.6 Å². The smallest absolute Gasteiger partial charge is 0.0720 e. The molecule has 0 N–H and O–H groups in total. The highest BCUT2D eigenvalue weighted by Gasteiger charge is 2.59. The van der Waals surface area contributed by atoms with Gasteiger partial charge < -0.3 is 4.57 Å². The van der Waals surface area contributed by atoms with Crippen molar-refractivity contribution in [3.05, 3.63) is 310 Å². The first kappa shape index (κ1) is 43.3. The number of hydrogen-bond acceptors (Lipinski definition) is 1. The number of aromatic nitrogens is 2. The molecule has 2 heterocycles. The van der Waals surface area contributed by atoms with Crippen molar-refractivity contribution >= 4 is 34.0 Å². The van der Waals surface area contributed by atoms with Crippen molar-refractivity contribution in [1.82, 2.24) is 9.55 Å². The summed E-state index contributed by atoms with van der Waals surface area (Å²) in [7, 11) is 0. The van der Waals surface area contributed by atoms with Gasteiger partial charge in [0.15, 0.2) is 0 Å². The second-order valence-electron chi connectivity index (χ2n) is 21.5. The van der Waals surface area contributed by atoms with E-state index < -0.39 is 10.8 Å². The van der Waals surface area contributed by atoms with Crippen LogP contribution in [-0.4, -0.2) is 9.55 Å². The minimum absolute atomic E-state index is 0.0917. The van der Waals surface area contributed by atoms with Crippen molar-refractivity contribution in [2.24, 2.45) is 0 Å². The Morgan fingerprint density at radius 1 is 0.355 bits per heavy atom. The summed E-state index contributed by atoms with van der Waals surface area (Å²) in [5.41, 5.74) is 28.4. The fraction of sp³-hybridized carbons (Fsp3) is 0.0946. The van der Waals surface area contributed by atoms with Crippen LogP contribution in [0.25, 0.3) is 84.2 Å². The third-order valence-corrected chi connectivity index (χ3v) is 18.4. The molecule has 0 bridgehead atoms. The van der Waals surface area contributed by atoms with Crippen LogP contribution < -0.4 is 0 Å². The molecule has 10 aromatic carbocycles. The Morgan fingerprint density at radius 3 is 1.34 bits per heavy atom. The van der Waals surface area contributed by atoms with Crippen LogP contribution in [0.5, 0.6) is 0 Å². The summed E-state index contributed by atoms with van der Waals surface area (Å²) in [5.74, 6) is 0. The van der Waals surface area contributed by atoms with Crippen molar-refractivity contribution in [1.29, 1.82) is 0 Å². The predicted octanol–water partition coefficient (Wildman–Crippen LogP) is 18.1. The first-order chi connectivity index (χ1) is 37.6. The standard InChI is InChI=1S/C74H52N2/c1-3-72(4-2)67-43-47(34-40-56(67)57-41-39-51(45-68(57)72)76-70-31-17-9-23-58(70)59-24-10-18-32-71(59)76)33-37-50-38-35-49(46-75-50)48-36-42-66-69(44-48)74(62-27-13-7-21-54(62)55-22-8-14-28-63(55)74)65-30-16-15-29-64(65)73(66)60-25-11-5-19-52(60)53-20-6-12-26-61(53)73/h5-46H,3-4H2,1-2H3/b37-33+. The average molecular weight is 969 g/mol. The molecule has 2 spiro atoms. The maximum atomic E-state index is 5.16. The van der Waals surface area contributed by atoms with Crippen LogP contribution in [-0.2, 0) is 16.2 Å². The van der Waals surface area contributed by atoms with Crippen molar-refractivity contribution in [2.45, 2.75) is 42.9 Å². The lowest BCUT2D eigenvalue weighted by Crippen LogP contribution is -2.43. The van der Waals surface area contributed by atoms with Crippen LogP contribution in [0.1, 0.15) is 93.6 Å². The number of pyridine rings is 1. The molecular weight excluding hydrogens is 917 g/mol. The van der Waals surface area contributed by atoms with E-state index in [0.717, 1.165) is 29.7 Å². The van der Waals surface area contributed by atoms with E-state index in [2.05, 4.69) is 273 Å². The molecule has 0 aliphatic heterocycles. The Morgan fingerprint density at radius 2 is 0.803 bits per heavy atom. The summed E-state index contributed by atoms with van der Waals surface area (Å²) < 4.78 is 2.45. The third kappa shape index (κ3) is 5.48. The molecule has 0 atom stereocenters. The van der Waals surface area contributed by atoms with Crippen LogP contribution in [0.4, 0.5) is 0 Å². The average Bonchev–Trinajstić information content (AvgIpc) is 4.04. The lowest BCUT2D eigenvalue weighted by atomic mass is 9.52. The van der Waals surface area contributed by atoms with Gasteiger partial charge in [-0.1, -0.05) is 220 Å². The van der Waals surface area contributed by atoms with Crippen molar-refractivity contribution < 1.29 is 0 Å².